The van der Waals surface area contributed by atoms with Crippen LogP contribution in [0.25, 0.3) is 0 Å². The summed E-state index contributed by atoms with van der Waals surface area (Å²) in [6, 6.07) is 2.94. The number of nitro groups is 1. The van der Waals surface area contributed by atoms with E-state index in [1.54, 1.807) is 0 Å². The Kier molecular flexibility index (Phi) is 7.45. The fourth-order valence-corrected chi connectivity index (χ4v) is 1.94. The van der Waals surface area contributed by atoms with Crippen LogP contribution < -0.4 is 10.6 Å². The molecule has 0 unspecified atom stereocenters. The molecule has 0 fully saturated rings. The highest BCUT2D eigenvalue weighted by molar-refractivity contribution is 5.54. The van der Waals surface area contributed by atoms with E-state index >= 15 is 0 Å². The van der Waals surface area contributed by atoms with E-state index in [0.29, 0.717) is 18.2 Å². The lowest BCUT2D eigenvalue weighted by atomic mass is 10.3. The zero-order valence-electron chi connectivity index (χ0n) is 13.1. The Morgan fingerprint density at radius 2 is 1.71 bits per heavy atom. The first-order valence-corrected chi connectivity index (χ1v) is 7.47. The van der Waals surface area contributed by atoms with E-state index in [4.69, 9.17) is 0 Å². The fraction of sp³-hybridized carbons (Fsp3) is 0.643. The van der Waals surface area contributed by atoms with Crippen molar-refractivity contribution in [1.29, 1.82) is 0 Å². The average Bonchev–Trinajstić information content (AvgIpc) is 2.49. The van der Waals surface area contributed by atoms with Crippen LogP contribution in [-0.4, -0.2) is 47.5 Å². The van der Waals surface area contributed by atoms with Crippen molar-refractivity contribution in [1.82, 2.24) is 9.88 Å². The van der Waals surface area contributed by atoms with E-state index in [1.165, 1.54) is 12.1 Å². The lowest BCUT2D eigenvalue weighted by Gasteiger charge is -2.18. The Morgan fingerprint density at radius 3 is 2.19 bits per heavy atom. The normalized spacial score (nSPS) is 10.7. The molecule has 0 saturated heterocycles. The highest BCUT2D eigenvalue weighted by Gasteiger charge is 2.11. The minimum atomic E-state index is -0.394. The number of nitrogens with one attached hydrogen (secondary N) is 2. The summed E-state index contributed by atoms with van der Waals surface area (Å²) >= 11 is 0. The molecule has 0 spiro atoms. The van der Waals surface area contributed by atoms with Gasteiger partial charge in [0.1, 0.15) is 11.6 Å². The number of anilines is 2. The van der Waals surface area contributed by atoms with Crippen LogP contribution in [-0.2, 0) is 0 Å². The van der Waals surface area contributed by atoms with Gasteiger partial charge >= 0.3 is 0 Å². The molecule has 0 aliphatic heterocycles. The highest BCUT2D eigenvalue weighted by atomic mass is 16.6. The summed E-state index contributed by atoms with van der Waals surface area (Å²) in [5, 5.41) is 17.2. The molecule has 0 aliphatic rings. The minimum Gasteiger partial charge on any atom is -0.370 e. The van der Waals surface area contributed by atoms with Crippen molar-refractivity contribution in [3.8, 4) is 0 Å². The second-order valence-electron chi connectivity index (χ2n) is 4.73. The first kappa shape index (κ1) is 17.2. The third kappa shape index (κ3) is 5.95. The molecule has 21 heavy (non-hydrogen) atoms. The van der Waals surface area contributed by atoms with Crippen molar-refractivity contribution < 1.29 is 4.92 Å². The Labute approximate surface area is 125 Å². The minimum absolute atomic E-state index is 0.0499. The van der Waals surface area contributed by atoms with Crippen LogP contribution in [0, 0.1) is 10.1 Å². The Hall–Kier alpha value is -1.89. The molecule has 0 atom stereocenters. The van der Waals surface area contributed by atoms with Gasteiger partial charge in [0.05, 0.1) is 17.1 Å². The van der Waals surface area contributed by atoms with Gasteiger partial charge in [0.2, 0.25) is 0 Å². The van der Waals surface area contributed by atoms with Gasteiger partial charge < -0.3 is 15.5 Å². The standard InChI is InChI=1S/C14H25N5O2/c1-4-7-15-13-10-12(19(20)21)11-14(17-13)16-8-9-18(5-2)6-3/h10-11H,4-9H2,1-3H3,(H2,15,16,17). The van der Waals surface area contributed by atoms with Gasteiger partial charge in [-0.25, -0.2) is 4.98 Å². The van der Waals surface area contributed by atoms with Crippen molar-refractivity contribution in [2.45, 2.75) is 27.2 Å². The third-order valence-electron chi connectivity index (χ3n) is 3.21. The molecule has 7 nitrogen and oxygen atoms in total. The van der Waals surface area contributed by atoms with Gasteiger partial charge in [-0.1, -0.05) is 20.8 Å². The van der Waals surface area contributed by atoms with Crippen molar-refractivity contribution >= 4 is 17.3 Å². The monoisotopic (exact) mass is 295 g/mol. The Balaban J connectivity index is 2.71. The van der Waals surface area contributed by atoms with E-state index in [9.17, 15) is 10.1 Å². The summed E-state index contributed by atoms with van der Waals surface area (Å²) in [6.45, 7) is 10.6. The summed E-state index contributed by atoms with van der Waals surface area (Å²) in [4.78, 5) is 17.2. The molecule has 1 heterocycles. The molecule has 0 saturated carbocycles. The molecule has 1 aromatic rings. The van der Waals surface area contributed by atoms with Crippen molar-refractivity contribution in [3.63, 3.8) is 0 Å². The number of hydrogen-bond acceptors (Lipinski definition) is 6. The first-order valence-electron chi connectivity index (χ1n) is 7.47. The number of aromatic nitrogens is 1. The Bertz CT molecular complexity index is 449. The van der Waals surface area contributed by atoms with Gasteiger partial charge in [0.25, 0.3) is 5.69 Å². The molecule has 118 valence electrons. The molecular weight excluding hydrogens is 270 g/mol. The second kappa shape index (κ2) is 9.12. The van der Waals surface area contributed by atoms with Crippen molar-refractivity contribution in [2.75, 3.05) is 43.4 Å². The molecule has 0 aliphatic carbocycles. The third-order valence-corrected chi connectivity index (χ3v) is 3.21. The SMILES string of the molecule is CCCNc1cc([N+](=O)[O-])cc(NCCN(CC)CC)n1. The summed E-state index contributed by atoms with van der Waals surface area (Å²) in [6.07, 6.45) is 0.940. The lowest BCUT2D eigenvalue weighted by Crippen LogP contribution is -2.28. The lowest BCUT2D eigenvalue weighted by molar-refractivity contribution is -0.384. The number of hydrogen-bond donors (Lipinski definition) is 2. The van der Waals surface area contributed by atoms with Gasteiger partial charge in [-0.15, -0.1) is 0 Å². The van der Waals surface area contributed by atoms with E-state index < -0.39 is 4.92 Å². The van der Waals surface area contributed by atoms with Crippen molar-refractivity contribution in [3.05, 3.63) is 22.2 Å². The van der Waals surface area contributed by atoms with Crippen molar-refractivity contribution in [2.24, 2.45) is 0 Å². The maximum atomic E-state index is 11.0. The number of nitrogens with zero attached hydrogens (tertiary/aromatic N) is 3. The highest BCUT2D eigenvalue weighted by Crippen LogP contribution is 2.20. The second-order valence-corrected chi connectivity index (χ2v) is 4.73. The van der Waals surface area contributed by atoms with Crippen LogP contribution >= 0.6 is 0 Å². The van der Waals surface area contributed by atoms with Crippen LogP contribution in [0.4, 0.5) is 17.3 Å². The summed E-state index contributed by atoms with van der Waals surface area (Å²) in [5.74, 6) is 1.08. The molecule has 1 aromatic heterocycles. The topological polar surface area (TPSA) is 83.3 Å². The number of likely N-dealkylation sites (N-methyl/N-ethyl adjacent to an activating group) is 1. The quantitative estimate of drug-likeness (QED) is 0.510. The zero-order valence-corrected chi connectivity index (χ0v) is 13.1. The molecule has 0 aromatic carbocycles. The van der Waals surface area contributed by atoms with E-state index in [-0.39, 0.29) is 5.69 Å². The van der Waals surface area contributed by atoms with Crippen LogP contribution in [0.1, 0.15) is 27.2 Å². The summed E-state index contributed by atoms with van der Waals surface area (Å²) in [7, 11) is 0. The van der Waals surface area contributed by atoms with Gasteiger partial charge in [-0.05, 0) is 19.5 Å². The zero-order chi connectivity index (χ0) is 15.7. The van der Waals surface area contributed by atoms with Crippen LogP contribution in [0.15, 0.2) is 12.1 Å². The Morgan fingerprint density at radius 1 is 1.14 bits per heavy atom. The smallest absolute Gasteiger partial charge is 0.276 e. The molecule has 0 bridgehead atoms. The van der Waals surface area contributed by atoms with E-state index in [2.05, 4.69) is 34.4 Å². The maximum Gasteiger partial charge on any atom is 0.276 e. The van der Waals surface area contributed by atoms with Gasteiger partial charge in [-0.2, -0.15) is 0 Å². The molecular formula is C14H25N5O2. The predicted octanol–water partition coefficient (Wildman–Crippen LogP) is 2.57. The summed E-state index contributed by atoms with van der Waals surface area (Å²) < 4.78 is 0. The van der Waals surface area contributed by atoms with E-state index in [0.717, 1.165) is 32.6 Å². The predicted molar refractivity (Wildman–Crippen MR) is 85.9 cm³/mol. The molecule has 0 radical (unpaired) electrons. The first-order chi connectivity index (χ1) is 10.1. The maximum absolute atomic E-state index is 11.0. The van der Waals surface area contributed by atoms with Gasteiger partial charge in [0, 0.05) is 19.6 Å². The summed E-state index contributed by atoms with van der Waals surface area (Å²) in [5.41, 5.74) is 0.0499. The van der Waals surface area contributed by atoms with Gasteiger partial charge in [0.15, 0.2) is 0 Å². The average molecular weight is 295 g/mol. The van der Waals surface area contributed by atoms with Crippen LogP contribution in [0.2, 0.25) is 0 Å². The van der Waals surface area contributed by atoms with Crippen LogP contribution in [0.5, 0.6) is 0 Å². The van der Waals surface area contributed by atoms with Crippen LogP contribution in [0.3, 0.4) is 0 Å². The molecule has 0 amide bonds. The van der Waals surface area contributed by atoms with Gasteiger partial charge in [-0.3, -0.25) is 10.1 Å². The molecule has 7 heteroatoms. The number of pyridine rings is 1. The van der Waals surface area contributed by atoms with E-state index in [1.807, 2.05) is 6.92 Å². The molecule has 1 rings (SSSR count). The number of rotatable bonds is 10. The largest absolute Gasteiger partial charge is 0.370 e. The fourth-order valence-electron chi connectivity index (χ4n) is 1.94. The molecule has 2 N–H and O–H groups in total.